The van der Waals surface area contributed by atoms with Crippen LogP contribution >= 0.6 is 0 Å². The number of hydrogen-bond donors (Lipinski definition) is 2. The van der Waals surface area contributed by atoms with Crippen LogP contribution in [0.2, 0.25) is 0 Å². The van der Waals surface area contributed by atoms with Crippen LogP contribution in [-0.2, 0) is 6.42 Å². The second-order valence-electron chi connectivity index (χ2n) is 5.97. The van der Waals surface area contributed by atoms with Crippen molar-refractivity contribution in [3.63, 3.8) is 0 Å². The Labute approximate surface area is 148 Å². The van der Waals surface area contributed by atoms with E-state index >= 15 is 0 Å². The van der Waals surface area contributed by atoms with E-state index in [1.807, 2.05) is 13.0 Å². The molecular weight excluding hydrogens is 333 g/mol. The minimum Gasteiger partial charge on any atom is -0.507 e. The first-order valence-corrected chi connectivity index (χ1v) is 8.27. The molecule has 0 saturated heterocycles. The maximum absolute atomic E-state index is 13.7. The van der Waals surface area contributed by atoms with Crippen molar-refractivity contribution in [2.75, 3.05) is 5.32 Å². The van der Waals surface area contributed by atoms with Crippen LogP contribution in [0.15, 0.2) is 54.7 Å². The van der Waals surface area contributed by atoms with Gasteiger partial charge in [0.1, 0.15) is 22.9 Å². The fourth-order valence-corrected chi connectivity index (χ4v) is 3.14. The number of halogens is 1. The number of phenols is 1. The second kappa shape index (κ2) is 6.15. The van der Waals surface area contributed by atoms with Crippen LogP contribution in [0.1, 0.15) is 23.1 Å². The van der Waals surface area contributed by atoms with Crippen molar-refractivity contribution >= 4 is 28.0 Å². The van der Waals surface area contributed by atoms with E-state index in [1.165, 1.54) is 16.7 Å². The van der Waals surface area contributed by atoms with Gasteiger partial charge in [-0.2, -0.15) is 0 Å². The number of phenolic OH excluding ortho intramolecular Hbond substituents is 1. The molecule has 0 radical (unpaired) electrons. The van der Waals surface area contributed by atoms with Gasteiger partial charge in [-0.25, -0.2) is 9.37 Å². The van der Waals surface area contributed by atoms with Crippen molar-refractivity contribution in [2.24, 2.45) is 0 Å². The van der Waals surface area contributed by atoms with Crippen molar-refractivity contribution in [1.29, 1.82) is 0 Å². The molecule has 2 N–H and O–H groups in total. The number of rotatable bonds is 3. The molecule has 0 aliphatic rings. The Bertz CT molecular complexity index is 1150. The highest BCUT2D eigenvalue weighted by atomic mass is 19.1. The van der Waals surface area contributed by atoms with Gasteiger partial charge in [0, 0.05) is 22.7 Å². The quantitative estimate of drug-likeness (QED) is 0.584. The molecule has 2 aromatic heterocycles. The Morgan fingerprint density at radius 1 is 1.15 bits per heavy atom. The van der Waals surface area contributed by atoms with Gasteiger partial charge in [-0.3, -0.25) is 9.20 Å². The van der Waals surface area contributed by atoms with Gasteiger partial charge in [-0.15, -0.1) is 0 Å². The first kappa shape index (κ1) is 16.1. The number of amides is 1. The van der Waals surface area contributed by atoms with Crippen molar-refractivity contribution in [3.8, 4) is 5.75 Å². The molecule has 4 aromatic rings. The highest BCUT2D eigenvalue weighted by Crippen LogP contribution is 2.30. The summed E-state index contributed by atoms with van der Waals surface area (Å²) >= 11 is 0. The molecule has 0 spiro atoms. The summed E-state index contributed by atoms with van der Waals surface area (Å²) in [6.07, 6.45) is 1.80. The van der Waals surface area contributed by atoms with E-state index in [1.54, 1.807) is 36.4 Å². The summed E-state index contributed by atoms with van der Waals surface area (Å²) in [6.45, 7) is 1.89. The van der Waals surface area contributed by atoms with Crippen molar-refractivity contribution < 1.29 is 14.3 Å². The van der Waals surface area contributed by atoms with Crippen LogP contribution in [-0.4, -0.2) is 20.4 Å². The zero-order valence-electron chi connectivity index (χ0n) is 14.0. The normalized spacial score (nSPS) is 11.2. The molecule has 4 rings (SSSR count). The first-order chi connectivity index (χ1) is 12.6. The zero-order chi connectivity index (χ0) is 18.3. The Hall–Kier alpha value is -3.41. The first-order valence-electron chi connectivity index (χ1n) is 8.27. The lowest BCUT2D eigenvalue weighted by Crippen LogP contribution is -2.16. The number of carbonyl (C=O) groups is 1. The van der Waals surface area contributed by atoms with Gasteiger partial charge in [0.2, 0.25) is 0 Å². The van der Waals surface area contributed by atoms with Crippen molar-refractivity contribution in [2.45, 2.75) is 13.3 Å². The molecule has 130 valence electrons. The molecule has 0 atom stereocenters. The van der Waals surface area contributed by atoms with E-state index in [4.69, 9.17) is 0 Å². The molecule has 0 unspecified atom stereocenters. The van der Waals surface area contributed by atoms with Gasteiger partial charge in [0.25, 0.3) is 5.91 Å². The minimum absolute atomic E-state index is 0.143. The second-order valence-corrected chi connectivity index (χ2v) is 5.97. The molecule has 2 aromatic carbocycles. The lowest BCUT2D eigenvalue weighted by atomic mass is 10.1. The number of carbonyl (C=O) groups excluding carboxylic acids is 1. The molecule has 1 amide bonds. The molecule has 6 heteroatoms. The SMILES string of the molecule is CCc1nc2ccc(F)cn2c1C(=O)Nc1cccc2c(O)cccc12. The third-order valence-electron chi connectivity index (χ3n) is 4.35. The number of aryl methyl sites for hydroxylation is 1. The monoisotopic (exact) mass is 349 g/mol. The topological polar surface area (TPSA) is 66.6 Å². The fourth-order valence-electron chi connectivity index (χ4n) is 3.14. The van der Waals surface area contributed by atoms with Crippen LogP contribution < -0.4 is 5.32 Å². The Kier molecular flexibility index (Phi) is 3.80. The number of aromatic hydroxyl groups is 1. The summed E-state index contributed by atoms with van der Waals surface area (Å²) in [5, 5.41) is 14.2. The average Bonchev–Trinajstić information content (AvgIpc) is 3.00. The highest BCUT2D eigenvalue weighted by molar-refractivity contribution is 6.10. The summed E-state index contributed by atoms with van der Waals surface area (Å²) < 4.78 is 15.1. The summed E-state index contributed by atoms with van der Waals surface area (Å²) in [7, 11) is 0. The maximum Gasteiger partial charge on any atom is 0.274 e. The van der Waals surface area contributed by atoms with E-state index in [-0.39, 0.29) is 11.7 Å². The number of hydrogen-bond acceptors (Lipinski definition) is 3. The molecular formula is C20H16FN3O2. The zero-order valence-corrected chi connectivity index (χ0v) is 14.0. The fraction of sp³-hybridized carbons (Fsp3) is 0.100. The lowest BCUT2D eigenvalue weighted by Gasteiger charge is -2.10. The smallest absolute Gasteiger partial charge is 0.274 e. The van der Waals surface area contributed by atoms with Crippen LogP contribution in [0.4, 0.5) is 10.1 Å². The molecule has 26 heavy (non-hydrogen) atoms. The van der Waals surface area contributed by atoms with E-state index in [9.17, 15) is 14.3 Å². The summed E-state index contributed by atoms with van der Waals surface area (Å²) in [4.78, 5) is 17.4. The molecule has 0 saturated carbocycles. The van der Waals surface area contributed by atoms with E-state index in [0.29, 0.717) is 34.5 Å². The molecule has 2 heterocycles. The summed E-state index contributed by atoms with van der Waals surface area (Å²) in [5.74, 6) is -0.679. The van der Waals surface area contributed by atoms with Crippen LogP contribution in [0.25, 0.3) is 16.4 Å². The third-order valence-corrected chi connectivity index (χ3v) is 4.35. The number of aromatic nitrogens is 2. The molecule has 5 nitrogen and oxygen atoms in total. The van der Waals surface area contributed by atoms with Crippen molar-refractivity contribution in [1.82, 2.24) is 9.38 Å². The van der Waals surface area contributed by atoms with Gasteiger partial charge >= 0.3 is 0 Å². The molecule has 0 aliphatic carbocycles. The Balaban J connectivity index is 1.82. The molecule has 0 fully saturated rings. The number of nitrogens with zero attached hydrogens (tertiary/aromatic N) is 2. The summed E-state index contributed by atoms with van der Waals surface area (Å²) in [6, 6.07) is 13.3. The number of nitrogens with one attached hydrogen (secondary N) is 1. The van der Waals surface area contributed by atoms with E-state index < -0.39 is 5.82 Å². The third kappa shape index (κ3) is 2.56. The number of anilines is 1. The van der Waals surface area contributed by atoms with E-state index in [0.717, 1.165) is 5.39 Å². The number of imidazole rings is 1. The van der Waals surface area contributed by atoms with Crippen molar-refractivity contribution in [3.05, 3.63) is 71.9 Å². The van der Waals surface area contributed by atoms with Gasteiger partial charge < -0.3 is 10.4 Å². The van der Waals surface area contributed by atoms with Crippen LogP contribution in [0.5, 0.6) is 5.75 Å². The Morgan fingerprint density at radius 2 is 1.92 bits per heavy atom. The molecule has 0 bridgehead atoms. The van der Waals surface area contributed by atoms with Gasteiger partial charge in [-0.05, 0) is 30.7 Å². The van der Waals surface area contributed by atoms with Gasteiger partial charge in [0.15, 0.2) is 0 Å². The minimum atomic E-state index is -0.443. The van der Waals surface area contributed by atoms with E-state index in [2.05, 4.69) is 10.3 Å². The standard InChI is InChI=1S/C20H16FN3O2/c1-2-15-19(24-11-12(21)9-10-18(24)22-15)20(26)23-16-7-3-6-14-13(16)5-4-8-17(14)25/h3-11,25H,2H2,1H3,(H,23,26). The number of fused-ring (bicyclic) bond motifs is 2. The van der Waals surface area contributed by atoms with Gasteiger partial charge in [0.05, 0.1) is 5.69 Å². The average molecular weight is 349 g/mol. The predicted octanol–water partition coefficient (Wildman–Crippen LogP) is 4.15. The Morgan fingerprint density at radius 3 is 2.73 bits per heavy atom. The summed E-state index contributed by atoms with van der Waals surface area (Å²) in [5.41, 5.74) is 1.98. The van der Waals surface area contributed by atoms with Crippen LogP contribution in [0, 0.1) is 5.82 Å². The van der Waals surface area contributed by atoms with Gasteiger partial charge in [-0.1, -0.05) is 31.2 Å². The largest absolute Gasteiger partial charge is 0.507 e. The lowest BCUT2D eigenvalue weighted by molar-refractivity contribution is 0.102. The van der Waals surface area contributed by atoms with Crippen LogP contribution in [0.3, 0.4) is 0 Å². The number of benzene rings is 2. The predicted molar refractivity (Wildman–Crippen MR) is 98.1 cm³/mol. The highest BCUT2D eigenvalue weighted by Gasteiger charge is 2.19. The maximum atomic E-state index is 13.7. The number of pyridine rings is 1. The molecule has 0 aliphatic heterocycles.